The Kier molecular flexibility index (Phi) is 10.8. The van der Waals surface area contributed by atoms with Crippen molar-refractivity contribution >= 4 is 15.9 Å². The molecule has 0 aromatic heterocycles. The van der Waals surface area contributed by atoms with Crippen LogP contribution in [0.15, 0.2) is 53.4 Å². The highest BCUT2D eigenvalue weighted by atomic mass is 32.2. The summed E-state index contributed by atoms with van der Waals surface area (Å²) in [6.45, 7) is 4.57. The Hall–Kier alpha value is -2.26. The van der Waals surface area contributed by atoms with Gasteiger partial charge in [0.1, 0.15) is 0 Å². The van der Waals surface area contributed by atoms with Gasteiger partial charge in [-0.3, -0.25) is 4.79 Å². The Morgan fingerprint density at radius 1 is 0.921 bits per heavy atom. The van der Waals surface area contributed by atoms with Crippen LogP contribution in [0.5, 0.6) is 0 Å². The third-order valence-corrected chi connectivity index (χ3v) is 9.77. The molecule has 0 bridgehead atoms. The molecule has 38 heavy (non-hydrogen) atoms. The molecule has 2 N–H and O–H groups in total. The predicted octanol–water partition coefficient (Wildman–Crippen LogP) is 3.84. The summed E-state index contributed by atoms with van der Waals surface area (Å²) in [5.74, 6) is 0.0287. The highest BCUT2D eigenvalue weighted by molar-refractivity contribution is 7.89. The standard InChI is InChI=1S/C30H44N4O3S/c1-33(21-9-8-18-31-19-20-32-28-12-6-3-7-13-28)38(36,37)29-15-14-25-16-22-34(23-17-27(25)24-29)30(35)26-10-4-2-5-11-26/h2,4-5,10-11,14-15,24,28,31-32H,3,6-9,12-13,16-23H2,1H3. The fraction of sp³-hybridized carbons (Fsp3) is 0.567. The van der Waals surface area contributed by atoms with Crippen LogP contribution in [0.2, 0.25) is 0 Å². The van der Waals surface area contributed by atoms with Crippen LogP contribution in [0.25, 0.3) is 0 Å². The van der Waals surface area contributed by atoms with Gasteiger partial charge in [-0.05, 0) is 80.5 Å². The second-order valence-electron chi connectivity index (χ2n) is 10.7. The molecule has 0 saturated heterocycles. The first kappa shape index (κ1) is 28.7. The largest absolute Gasteiger partial charge is 0.338 e. The number of sulfonamides is 1. The molecule has 0 atom stereocenters. The normalized spacial score (nSPS) is 16.8. The average Bonchev–Trinajstić information content (AvgIpc) is 3.17. The average molecular weight is 541 g/mol. The van der Waals surface area contributed by atoms with Crippen LogP contribution in [0, 0.1) is 0 Å². The van der Waals surface area contributed by atoms with Crippen molar-refractivity contribution in [3.05, 3.63) is 65.2 Å². The minimum absolute atomic E-state index is 0.0287. The van der Waals surface area contributed by atoms with Gasteiger partial charge in [0, 0.05) is 51.4 Å². The first-order chi connectivity index (χ1) is 18.4. The van der Waals surface area contributed by atoms with E-state index in [4.69, 9.17) is 0 Å². The van der Waals surface area contributed by atoms with E-state index in [1.807, 2.05) is 47.4 Å². The smallest absolute Gasteiger partial charge is 0.253 e. The maximum atomic E-state index is 13.3. The number of unbranched alkanes of at least 4 members (excludes halogenated alkanes) is 1. The third kappa shape index (κ3) is 7.88. The Balaban J connectivity index is 1.21. The van der Waals surface area contributed by atoms with E-state index in [2.05, 4.69) is 10.6 Å². The molecule has 0 radical (unpaired) electrons. The summed E-state index contributed by atoms with van der Waals surface area (Å²) < 4.78 is 28.0. The molecule has 1 amide bonds. The van der Waals surface area contributed by atoms with Gasteiger partial charge in [-0.15, -0.1) is 0 Å². The van der Waals surface area contributed by atoms with E-state index >= 15 is 0 Å². The molecule has 1 saturated carbocycles. The fourth-order valence-electron chi connectivity index (χ4n) is 5.51. The second kappa shape index (κ2) is 14.2. The second-order valence-corrected chi connectivity index (χ2v) is 12.7. The van der Waals surface area contributed by atoms with Crippen molar-refractivity contribution in [2.45, 2.75) is 68.7 Å². The Morgan fingerprint density at radius 2 is 1.66 bits per heavy atom. The maximum absolute atomic E-state index is 13.3. The number of fused-ring (bicyclic) bond motifs is 1. The van der Waals surface area contributed by atoms with Crippen LogP contribution in [0.3, 0.4) is 0 Å². The molecule has 0 spiro atoms. The van der Waals surface area contributed by atoms with Crippen molar-refractivity contribution in [2.24, 2.45) is 0 Å². The van der Waals surface area contributed by atoms with E-state index in [-0.39, 0.29) is 5.91 Å². The number of carbonyl (C=O) groups is 1. The van der Waals surface area contributed by atoms with Crippen LogP contribution < -0.4 is 10.6 Å². The van der Waals surface area contributed by atoms with Gasteiger partial charge in [0.2, 0.25) is 10.0 Å². The van der Waals surface area contributed by atoms with Gasteiger partial charge in [0.05, 0.1) is 4.90 Å². The third-order valence-electron chi connectivity index (χ3n) is 7.91. The highest BCUT2D eigenvalue weighted by Crippen LogP contribution is 2.23. The summed E-state index contributed by atoms with van der Waals surface area (Å²) in [6.07, 6.45) is 9.83. The monoisotopic (exact) mass is 540 g/mol. The van der Waals surface area contributed by atoms with Crippen molar-refractivity contribution in [3.63, 3.8) is 0 Å². The van der Waals surface area contributed by atoms with Gasteiger partial charge < -0.3 is 15.5 Å². The van der Waals surface area contributed by atoms with E-state index in [0.29, 0.717) is 42.6 Å². The van der Waals surface area contributed by atoms with E-state index < -0.39 is 10.0 Å². The van der Waals surface area contributed by atoms with Crippen molar-refractivity contribution < 1.29 is 13.2 Å². The zero-order chi connectivity index (χ0) is 26.8. The Bertz CT molecular complexity index is 1130. The zero-order valence-corrected chi connectivity index (χ0v) is 23.6. The number of hydrogen-bond acceptors (Lipinski definition) is 5. The lowest BCUT2D eigenvalue weighted by Crippen LogP contribution is -2.36. The van der Waals surface area contributed by atoms with E-state index in [1.165, 1.54) is 36.4 Å². The van der Waals surface area contributed by atoms with E-state index in [9.17, 15) is 13.2 Å². The first-order valence-corrected chi connectivity index (χ1v) is 15.8. The van der Waals surface area contributed by atoms with Crippen molar-refractivity contribution in [1.82, 2.24) is 19.8 Å². The summed E-state index contributed by atoms with van der Waals surface area (Å²) >= 11 is 0. The molecule has 8 heteroatoms. The molecule has 1 aliphatic heterocycles. The lowest BCUT2D eigenvalue weighted by molar-refractivity contribution is 0.0763. The molecule has 7 nitrogen and oxygen atoms in total. The van der Waals surface area contributed by atoms with Crippen molar-refractivity contribution in [2.75, 3.05) is 46.3 Å². The lowest BCUT2D eigenvalue weighted by atomic mass is 9.95. The van der Waals surface area contributed by atoms with Gasteiger partial charge in [0.15, 0.2) is 0 Å². The predicted molar refractivity (Wildman–Crippen MR) is 153 cm³/mol. The molecule has 4 rings (SSSR count). The van der Waals surface area contributed by atoms with Gasteiger partial charge in [-0.25, -0.2) is 12.7 Å². The first-order valence-electron chi connectivity index (χ1n) is 14.3. The van der Waals surface area contributed by atoms with Gasteiger partial charge >= 0.3 is 0 Å². The molecule has 2 aliphatic rings. The molecule has 1 fully saturated rings. The SMILES string of the molecule is CN(CCCCNCCNC1CCCCC1)S(=O)(=O)c1ccc2c(c1)CCN(C(=O)c1ccccc1)CC2. The molecule has 0 unspecified atom stereocenters. The number of nitrogens with one attached hydrogen (secondary N) is 2. The summed E-state index contributed by atoms with van der Waals surface area (Å²) in [6, 6.07) is 15.5. The summed E-state index contributed by atoms with van der Waals surface area (Å²) in [5.41, 5.74) is 2.84. The molecular formula is C30H44N4O3S. The molecule has 2 aromatic rings. The van der Waals surface area contributed by atoms with Crippen LogP contribution in [0.4, 0.5) is 0 Å². The van der Waals surface area contributed by atoms with Crippen LogP contribution in [0.1, 0.15) is 66.4 Å². The van der Waals surface area contributed by atoms with E-state index in [1.54, 1.807) is 13.1 Å². The quantitative estimate of drug-likeness (QED) is 0.400. The van der Waals surface area contributed by atoms with E-state index in [0.717, 1.165) is 50.0 Å². The lowest BCUT2D eigenvalue weighted by Gasteiger charge is -2.22. The molecule has 1 heterocycles. The number of amides is 1. The Morgan fingerprint density at radius 3 is 2.42 bits per heavy atom. The molecule has 2 aromatic carbocycles. The number of hydrogen-bond donors (Lipinski definition) is 2. The van der Waals surface area contributed by atoms with Crippen LogP contribution in [-0.2, 0) is 22.9 Å². The fourth-order valence-corrected chi connectivity index (χ4v) is 6.77. The topological polar surface area (TPSA) is 81.8 Å². The minimum atomic E-state index is -3.55. The molecule has 208 valence electrons. The summed E-state index contributed by atoms with van der Waals surface area (Å²) in [4.78, 5) is 15.1. The number of nitrogens with zero attached hydrogens (tertiary/aromatic N) is 2. The van der Waals surface area contributed by atoms with Gasteiger partial charge in [-0.1, -0.05) is 43.5 Å². The highest BCUT2D eigenvalue weighted by Gasteiger charge is 2.24. The summed E-state index contributed by atoms with van der Waals surface area (Å²) in [5, 5.41) is 7.11. The molecular weight excluding hydrogens is 496 g/mol. The van der Waals surface area contributed by atoms with Gasteiger partial charge in [-0.2, -0.15) is 0 Å². The minimum Gasteiger partial charge on any atom is -0.338 e. The number of benzene rings is 2. The van der Waals surface area contributed by atoms with Crippen molar-refractivity contribution in [3.8, 4) is 0 Å². The zero-order valence-electron chi connectivity index (χ0n) is 22.8. The van der Waals surface area contributed by atoms with Gasteiger partial charge in [0.25, 0.3) is 5.91 Å². The van der Waals surface area contributed by atoms with Crippen LogP contribution >= 0.6 is 0 Å². The Labute approximate surface area is 229 Å². The number of rotatable bonds is 12. The van der Waals surface area contributed by atoms with Crippen LogP contribution in [-0.4, -0.2) is 75.9 Å². The molecule has 1 aliphatic carbocycles. The summed E-state index contributed by atoms with van der Waals surface area (Å²) in [7, 11) is -1.88. The van der Waals surface area contributed by atoms with Crippen molar-refractivity contribution in [1.29, 1.82) is 0 Å². The number of carbonyl (C=O) groups excluding carboxylic acids is 1. The maximum Gasteiger partial charge on any atom is 0.253 e.